The Morgan fingerprint density at radius 3 is 2.30 bits per heavy atom. The van der Waals surface area contributed by atoms with E-state index in [0.717, 1.165) is 17.0 Å². The summed E-state index contributed by atoms with van der Waals surface area (Å²) in [6, 6.07) is 11.7. The molecule has 20 heavy (non-hydrogen) atoms. The Bertz CT molecular complexity index is 611. The Labute approximate surface area is 134 Å². The summed E-state index contributed by atoms with van der Waals surface area (Å²) in [5, 5.41) is 5.41. The summed E-state index contributed by atoms with van der Waals surface area (Å²) in [6.45, 7) is 2.08. The SMILES string of the molecule is CNC(Cc1ccc(Cl)cc1Cl)c1cc(Cl)ccc1C. The first-order valence-electron chi connectivity index (χ1n) is 6.38. The molecule has 0 aromatic heterocycles. The van der Waals surface area contributed by atoms with E-state index in [9.17, 15) is 0 Å². The number of benzene rings is 2. The van der Waals surface area contributed by atoms with Crippen LogP contribution in [0.2, 0.25) is 15.1 Å². The zero-order valence-electron chi connectivity index (χ0n) is 11.4. The van der Waals surface area contributed by atoms with E-state index in [0.29, 0.717) is 10.0 Å². The molecule has 0 aliphatic heterocycles. The van der Waals surface area contributed by atoms with Crippen LogP contribution < -0.4 is 5.32 Å². The van der Waals surface area contributed by atoms with E-state index in [1.165, 1.54) is 11.1 Å². The summed E-state index contributed by atoms with van der Waals surface area (Å²) >= 11 is 18.3. The molecule has 4 heteroatoms. The number of aryl methyl sites for hydroxylation is 1. The summed E-state index contributed by atoms with van der Waals surface area (Å²) in [6.07, 6.45) is 0.785. The van der Waals surface area contributed by atoms with E-state index in [4.69, 9.17) is 34.8 Å². The third kappa shape index (κ3) is 3.67. The maximum Gasteiger partial charge on any atom is 0.0453 e. The average Bonchev–Trinajstić information content (AvgIpc) is 2.41. The van der Waals surface area contributed by atoms with E-state index in [-0.39, 0.29) is 6.04 Å². The summed E-state index contributed by atoms with van der Waals surface area (Å²) in [7, 11) is 1.94. The first-order chi connectivity index (χ1) is 9.51. The molecule has 0 saturated carbocycles. The number of nitrogens with one attached hydrogen (secondary N) is 1. The van der Waals surface area contributed by atoms with Gasteiger partial charge in [0.15, 0.2) is 0 Å². The van der Waals surface area contributed by atoms with E-state index >= 15 is 0 Å². The highest BCUT2D eigenvalue weighted by Gasteiger charge is 2.15. The van der Waals surface area contributed by atoms with Crippen molar-refractivity contribution in [2.75, 3.05) is 7.05 Å². The molecule has 1 nitrogen and oxygen atoms in total. The van der Waals surface area contributed by atoms with Crippen LogP contribution >= 0.6 is 34.8 Å². The maximum atomic E-state index is 6.25. The van der Waals surface area contributed by atoms with Crippen LogP contribution in [0.4, 0.5) is 0 Å². The van der Waals surface area contributed by atoms with Crippen molar-refractivity contribution in [3.05, 3.63) is 68.2 Å². The third-order valence-corrected chi connectivity index (χ3v) is 4.23. The molecular formula is C16H16Cl3N. The smallest absolute Gasteiger partial charge is 0.0453 e. The minimum absolute atomic E-state index is 0.160. The Kier molecular flexibility index (Phi) is 5.34. The lowest BCUT2D eigenvalue weighted by Gasteiger charge is -2.20. The number of likely N-dealkylation sites (N-methyl/N-ethyl adjacent to an activating group) is 1. The number of hydrogen-bond donors (Lipinski definition) is 1. The molecule has 0 heterocycles. The van der Waals surface area contributed by atoms with Gasteiger partial charge in [-0.1, -0.05) is 46.9 Å². The second-order valence-electron chi connectivity index (χ2n) is 4.78. The molecule has 1 N–H and O–H groups in total. The molecule has 2 rings (SSSR count). The normalized spacial score (nSPS) is 12.4. The highest BCUT2D eigenvalue weighted by atomic mass is 35.5. The summed E-state index contributed by atoms with van der Waals surface area (Å²) < 4.78 is 0. The van der Waals surface area contributed by atoms with Gasteiger partial charge in [0.25, 0.3) is 0 Å². The lowest BCUT2D eigenvalue weighted by atomic mass is 9.95. The van der Waals surface area contributed by atoms with Gasteiger partial charge in [0, 0.05) is 21.1 Å². The van der Waals surface area contributed by atoms with E-state index in [1.54, 1.807) is 6.07 Å². The highest BCUT2D eigenvalue weighted by Crippen LogP contribution is 2.28. The van der Waals surface area contributed by atoms with Gasteiger partial charge < -0.3 is 5.32 Å². The topological polar surface area (TPSA) is 12.0 Å². The van der Waals surface area contributed by atoms with Crippen molar-refractivity contribution in [2.45, 2.75) is 19.4 Å². The molecule has 0 saturated heterocycles. The Hall–Kier alpha value is -0.730. The Morgan fingerprint density at radius 1 is 1.00 bits per heavy atom. The van der Waals surface area contributed by atoms with Gasteiger partial charge >= 0.3 is 0 Å². The molecule has 2 aromatic rings. The van der Waals surface area contributed by atoms with Crippen molar-refractivity contribution in [3.8, 4) is 0 Å². The van der Waals surface area contributed by atoms with Gasteiger partial charge in [0.1, 0.15) is 0 Å². The van der Waals surface area contributed by atoms with Crippen molar-refractivity contribution >= 4 is 34.8 Å². The van der Waals surface area contributed by atoms with Crippen LogP contribution in [0.15, 0.2) is 36.4 Å². The fourth-order valence-corrected chi connectivity index (χ4v) is 2.93. The predicted molar refractivity (Wildman–Crippen MR) is 88.2 cm³/mol. The minimum atomic E-state index is 0.160. The second-order valence-corrected chi connectivity index (χ2v) is 6.06. The van der Waals surface area contributed by atoms with E-state index in [1.807, 2.05) is 37.4 Å². The van der Waals surface area contributed by atoms with Crippen molar-refractivity contribution in [1.82, 2.24) is 5.32 Å². The summed E-state index contributed by atoms with van der Waals surface area (Å²) in [5.74, 6) is 0. The van der Waals surface area contributed by atoms with Crippen LogP contribution in [0.1, 0.15) is 22.7 Å². The highest BCUT2D eigenvalue weighted by molar-refractivity contribution is 6.35. The molecule has 0 fully saturated rings. The zero-order valence-corrected chi connectivity index (χ0v) is 13.7. The van der Waals surface area contributed by atoms with Crippen LogP contribution in [0.5, 0.6) is 0 Å². The molecule has 106 valence electrons. The van der Waals surface area contributed by atoms with Gasteiger partial charge in [-0.2, -0.15) is 0 Å². The molecule has 0 radical (unpaired) electrons. The predicted octanol–water partition coefficient (Wildman–Crippen LogP) is 5.46. The number of rotatable bonds is 4. The van der Waals surface area contributed by atoms with Gasteiger partial charge in [-0.25, -0.2) is 0 Å². The molecule has 1 unspecified atom stereocenters. The summed E-state index contributed by atoms with van der Waals surface area (Å²) in [5.41, 5.74) is 3.46. The molecule has 0 bridgehead atoms. The fraction of sp³-hybridized carbons (Fsp3) is 0.250. The molecule has 0 aliphatic rings. The third-order valence-electron chi connectivity index (χ3n) is 3.40. The van der Waals surface area contributed by atoms with Gasteiger partial charge in [0.2, 0.25) is 0 Å². The molecule has 2 aromatic carbocycles. The minimum Gasteiger partial charge on any atom is -0.313 e. The van der Waals surface area contributed by atoms with Crippen molar-refractivity contribution < 1.29 is 0 Å². The van der Waals surface area contributed by atoms with Crippen LogP contribution in [0, 0.1) is 6.92 Å². The monoisotopic (exact) mass is 327 g/mol. The van der Waals surface area contributed by atoms with Crippen molar-refractivity contribution in [3.63, 3.8) is 0 Å². The van der Waals surface area contributed by atoms with Crippen LogP contribution in [-0.4, -0.2) is 7.05 Å². The molecular weight excluding hydrogens is 313 g/mol. The van der Waals surface area contributed by atoms with Crippen LogP contribution in [0.25, 0.3) is 0 Å². The summed E-state index contributed by atoms with van der Waals surface area (Å²) in [4.78, 5) is 0. The standard InChI is InChI=1S/C16H16Cl3N/c1-10-3-5-12(17)8-14(10)16(20-2)7-11-4-6-13(18)9-15(11)19/h3-6,8-9,16,20H,7H2,1-2H3. The molecule has 0 amide bonds. The zero-order chi connectivity index (χ0) is 14.7. The largest absolute Gasteiger partial charge is 0.313 e. The molecule has 0 aliphatic carbocycles. The maximum absolute atomic E-state index is 6.25. The second kappa shape index (κ2) is 6.82. The van der Waals surface area contributed by atoms with Crippen LogP contribution in [0.3, 0.4) is 0 Å². The lowest BCUT2D eigenvalue weighted by Crippen LogP contribution is -2.20. The lowest BCUT2D eigenvalue weighted by molar-refractivity contribution is 0.589. The van der Waals surface area contributed by atoms with Crippen molar-refractivity contribution in [2.24, 2.45) is 0 Å². The van der Waals surface area contributed by atoms with Crippen LogP contribution in [-0.2, 0) is 6.42 Å². The van der Waals surface area contributed by atoms with Crippen molar-refractivity contribution in [1.29, 1.82) is 0 Å². The first kappa shape index (κ1) is 15.7. The van der Waals surface area contributed by atoms with Gasteiger partial charge in [-0.15, -0.1) is 0 Å². The van der Waals surface area contributed by atoms with E-state index < -0.39 is 0 Å². The molecule has 1 atom stereocenters. The number of halogens is 3. The van der Waals surface area contributed by atoms with Gasteiger partial charge in [-0.05, 0) is 61.3 Å². The quantitative estimate of drug-likeness (QED) is 0.786. The Morgan fingerprint density at radius 2 is 1.65 bits per heavy atom. The average molecular weight is 329 g/mol. The molecule has 0 spiro atoms. The van der Waals surface area contributed by atoms with E-state index in [2.05, 4.69) is 12.2 Å². The Balaban J connectivity index is 2.31. The van der Waals surface area contributed by atoms with Gasteiger partial charge in [-0.3, -0.25) is 0 Å². The van der Waals surface area contributed by atoms with Gasteiger partial charge in [0.05, 0.1) is 0 Å². The first-order valence-corrected chi connectivity index (χ1v) is 7.52. The fourth-order valence-electron chi connectivity index (χ4n) is 2.26. The number of hydrogen-bond acceptors (Lipinski definition) is 1.